The fourth-order valence-corrected chi connectivity index (χ4v) is 3.08. The molecule has 2 heterocycles. The lowest BCUT2D eigenvalue weighted by molar-refractivity contribution is 0.0768. The third-order valence-corrected chi connectivity index (χ3v) is 4.18. The van der Waals surface area contributed by atoms with Gasteiger partial charge in [-0.05, 0) is 6.07 Å². The average molecular weight is 281 g/mol. The molecule has 0 amide bonds. The van der Waals surface area contributed by atoms with Crippen molar-refractivity contribution in [1.29, 1.82) is 0 Å². The number of ether oxygens (including phenoxy) is 1. The Bertz CT molecular complexity index is 537. The van der Waals surface area contributed by atoms with E-state index < -0.39 is 0 Å². The highest BCUT2D eigenvalue weighted by Gasteiger charge is 2.19. The number of hydrogen-bond donors (Lipinski definition) is 1. The number of morpholine rings is 1. The van der Waals surface area contributed by atoms with E-state index in [4.69, 9.17) is 16.3 Å². The van der Waals surface area contributed by atoms with Crippen molar-refractivity contribution in [1.82, 2.24) is 10.3 Å². The first kappa shape index (κ1) is 12.1. The van der Waals surface area contributed by atoms with E-state index in [9.17, 15) is 0 Å². The van der Waals surface area contributed by atoms with Gasteiger partial charge in [0.05, 0.1) is 24.9 Å². The van der Waals surface area contributed by atoms with Gasteiger partial charge in [0.1, 0.15) is 5.01 Å². The van der Waals surface area contributed by atoms with Crippen LogP contribution in [0, 0.1) is 0 Å². The Balaban J connectivity index is 1.87. The lowest BCUT2D eigenvalue weighted by atomic mass is 10.2. The van der Waals surface area contributed by atoms with E-state index in [0.717, 1.165) is 34.4 Å². The molecule has 1 aliphatic rings. The summed E-state index contributed by atoms with van der Waals surface area (Å²) in [4.78, 5) is 4.66. The Hall–Kier alpha value is -0.940. The van der Waals surface area contributed by atoms with Gasteiger partial charge in [0.15, 0.2) is 0 Å². The molecule has 0 bridgehead atoms. The normalized spacial score (nSPS) is 19.9. The molecule has 0 aliphatic carbocycles. The van der Waals surface area contributed by atoms with Crippen LogP contribution in [-0.4, -0.2) is 24.7 Å². The summed E-state index contributed by atoms with van der Waals surface area (Å²) in [7, 11) is 0. The molecule has 0 saturated carbocycles. The fraction of sp³-hybridized carbons (Fsp3) is 0.308. The monoisotopic (exact) mass is 280 g/mol. The lowest BCUT2D eigenvalue weighted by Crippen LogP contribution is -2.34. The third-order valence-electron chi connectivity index (χ3n) is 2.89. The standard InChI is InChI=1S/C13H13ClN2OS/c14-10-4-2-1-3-9(10)12-8-18-13(16-12)11-7-17-6-5-15-11/h1-4,8,11,15H,5-7H2. The highest BCUT2D eigenvalue weighted by molar-refractivity contribution is 7.10. The second-order valence-corrected chi connectivity index (χ2v) is 5.43. The van der Waals surface area contributed by atoms with Crippen molar-refractivity contribution in [3.8, 4) is 11.3 Å². The van der Waals surface area contributed by atoms with Crippen LogP contribution >= 0.6 is 22.9 Å². The van der Waals surface area contributed by atoms with Crippen molar-refractivity contribution < 1.29 is 4.74 Å². The van der Waals surface area contributed by atoms with Crippen LogP contribution in [0.3, 0.4) is 0 Å². The summed E-state index contributed by atoms with van der Waals surface area (Å²) in [6, 6.07) is 7.99. The van der Waals surface area contributed by atoms with Crippen molar-refractivity contribution in [2.45, 2.75) is 6.04 Å². The van der Waals surface area contributed by atoms with Crippen molar-refractivity contribution >= 4 is 22.9 Å². The number of halogens is 1. The van der Waals surface area contributed by atoms with Crippen LogP contribution in [0.15, 0.2) is 29.6 Å². The number of rotatable bonds is 2. The molecule has 3 nitrogen and oxygen atoms in total. The Morgan fingerprint density at radius 2 is 2.28 bits per heavy atom. The Labute approximate surface area is 115 Å². The van der Waals surface area contributed by atoms with E-state index in [1.54, 1.807) is 11.3 Å². The van der Waals surface area contributed by atoms with Crippen LogP contribution in [0.2, 0.25) is 5.02 Å². The van der Waals surface area contributed by atoms with E-state index in [0.29, 0.717) is 6.61 Å². The van der Waals surface area contributed by atoms with E-state index >= 15 is 0 Å². The summed E-state index contributed by atoms with van der Waals surface area (Å²) in [5, 5.41) is 7.25. The van der Waals surface area contributed by atoms with Gasteiger partial charge in [0.25, 0.3) is 0 Å². The molecule has 1 aromatic carbocycles. The molecule has 1 aliphatic heterocycles. The topological polar surface area (TPSA) is 34.1 Å². The quantitative estimate of drug-likeness (QED) is 0.918. The minimum Gasteiger partial charge on any atom is -0.378 e. The zero-order chi connectivity index (χ0) is 12.4. The number of thiazole rings is 1. The number of hydrogen-bond acceptors (Lipinski definition) is 4. The van der Waals surface area contributed by atoms with Gasteiger partial charge >= 0.3 is 0 Å². The van der Waals surface area contributed by atoms with Crippen LogP contribution in [0.25, 0.3) is 11.3 Å². The number of nitrogens with zero attached hydrogens (tertiary/aromatic N) is 1. The van der Waals surface area contributed by atoms with Crippen LogP contribution in [-0.2, 0) is 4.74 Å². The van der Waals surface area contributed by atoms with Crippen LogP contribution in [0.5, 0.6) is 0 Å². The van der Waals surface area contributed by atoms with Crippen molar-refractivity contribution in [2.75, 3.05) is 19.8 Å². The SMILES string of the molecule is Clc1ccccc1-c1csc(C2COCCN2)n1. The summed E-state index contributed by atoms with van der Waals surface area (Å²) in [6.45, 7) is 2.35. The zero-order valence-electron chi connectivity index (χ0n) is 9.73. The second kappa shape index (κ2) is 5.36. The minimum absolute atomic E-state index is 0.208. The molecule has 1 atom stereocenters. The molecule has 0 radical (unpaired) electrons. The van der Waals surface area contributed by atoms with Gasteiger partial charge in [-0.3, -0.25) is 0 Å². The van der Waals surface area contributed by atoms with Gasteiger partial charge in [-0.1, -0.05) is 29.8 Å². The first-order valence-electron chi connectivity index (χ1n) is 5.86. The first-order chi connectivity index (χ1) is 8.84. The van der Waals surface area contributed by atoms with E-state index in [-0.39, 0.29) is 6.04 Å². The van der Waals surface area contributed by atoms with Crippen molar-refractivity contribution in [3.05, 3.63) is 39.7 Å². The smallest absolute Gasteiger partial charge is 0.113 e. The maximum atomic E-state index is 6.18. The zero-order valence-corrected chi connectivity index (χ0v) is 11.3. The van der Waals surface area contributed by atoms with Gasteiger partial charge in [-0.2, -0.15) is 0 Å². The molecule has 94 valence electrons. The highest BCUT2D eigenvalue weighted by Crippen LogP contribution is 2.30. The maximum absolute atomic E-state index is 6.18. The molecule has 2 aromatic rings. The van der Waals surface area contributed by atoms with Gasteiger partial charge in [0.2, 0.25) is 0 Å². The molecule has 0 spiro atoms. The molecule has 5 heteroatoms. The molecule has 1 N–H and O–H groups in total. The summed E-state index contributed by atoms with van der Waals surface area (Å²) >= 11 is 7.83. The molecule has 1 saturated heterocycles. The number of nitrogens with one attached hydrogen (secondary N) is 1. The predicted molar refractivity (Wildman–Crippen MR) is 74.1 cm³/mol. The van der Waals surface area contributed by atoms with E-state index in [2.05, 4.69) is 10.3 Å². The molecular weight excluding hydrogens is 268 g/mol. The van der Waals surface area contributed by atoms with Crippen molar-refractivity contribution in [2.24, 2.45) is 0 Å². The molecule has 1 unspecified atom stereocenters. The minimum atomic E-state index is 0.208. The van der Waals surface area contributed by atoms with Crippen molar-refractivity contribution in [3.63, 3.8) is 0 Å². The van der Waals surface area contributed by atoms with Gasteiger partial charge in [-0.15, -0.1) is 11.3 Å². The number of benzene rings is 1. The van der Waals surface area contributed by atoms with Crippen LogP contribution in [0.1, 0.15) is 11.0 Å². The average Bonchev–Trinajstić information content (AvgIpc) is 2.90. The third kappa shape index (κ3) is 2.42. The molecule has 3 rings (SSSR count). The first-order valence-corrected chi connectivity index (χ1v) is 7.12. The Kier molecular flexibility index (Phi) is 3.61. The van der Waals surface area contributed by atoms with E-state index in [1.807, 2.05) is 29.6 Å². The van der Waals surface area contributed by atoms with Gasteiger partial charge < -0.3 is 10.1 Å². The van der Waals surface area contributed by atoms with Gasteiger partial charge in [0, 0.05) is 22.5 Å². The van der Waals surface area contributed by atoms with Crippen LogP contribution in [0.4, 0.5) is 0 Å². The Morgan fingerprint density at radius 3 is 3.06 bits per heavy atom. The lowest BCUT2D eigenvalue weighted by Gasteiger charge is -2.21. The summed E-state index contributed by atoms with van der Waals surface area (Å²) < 4.78 is 5.45. The molecule has 1 fully saturated rings. The molecule has 1 aromatic heterocycles. The highest BCUT2D eigenvalue weighted by atomic mass is 35.5. The summed E-state index contributed by atoms with van der Waals surface area (Å²) in [6.07, 6.45) is 0. The van der Waals surface area contributed by atoms with Crippen LogP contribution < -0.4 is 5.32 Å². The predicted octanol–water partition coefficient (Wildman–Crippen LogP) is 3.12. The summed E-state index contributed by atoms with van der Waals surface area (Å²) in [5.41, 5.74) is 1.92. The maximum Gasteiger partial charge on any atom is 0.113 e. The molecule has 18 heavy (non-hydrogen) atoms. The Morgan fingerprint density at radius 1 is 1.39 bits per heavy atom. The largest absolute Gasteiger partial charge is 0.378 e. The van der Waals surface area contributed by atoms with E-state index in [1.165, 1.54) is 0 Å². The molecular formula is C13H13ClN2OS. The summed E-state index contributed by atoms with van der Waals surface area (Å²) in [5.74, 6) is 0. The second-order valence-electron chi connectivity index (χ2n) is 4.13. The number of aromatic nitrogens is 1. The van der Waals surface area contributed by atoms with Gasteiger partial charge in [-0.25, -0.2) is 4.98 Å². The fourth-order valence-electron chi connectivity index (χ4n) is 1.96.